The number of hydrogen-bond donors (Lipinski definition) is 1. The van der Waals surface area contributed by atoms with Crippen LogP contribution in [0.25, 0.3) is 0 Å². The second-order valence-electron chi connectivity index (χ2n) is 4.81. The van der Waals surface area contributed by atoms with E-state index >= 15 is 0 Å². The normalized spacial score (nSPS) is 12.8. The molecular formula is C15H19IN2O. The molecule has 19 heavy (non-hydrogen) atoms. The predicted molar refractivity (Wildman–Crippen MR) is 86.0 cm³/mol. The van der Waals surface area contributed by atoms with Gasteiger partial charge < -0.3 is 14.6 Å². The summed E-state index contributed by atoms with van der Waals surface area (Å²) in [6.45, 7) is 1.71. The van der Waals surface area contributed by atoms with Gasteiger partial charge in [-0.3, -0.25) is 0 Å². The number of rotatable bonds is 6. The zero-order valence-corrected chi connectivity index (χ0v) is 13.4. The molecule has 1 aromatic carbocycles. The number of likely N-dealkylation sites (N-methyl/N-ethyl adjacent to an activating group) is 1. The van der Waals surface area contributed by atoms with E-state index in [1.807, 2.05) is 18.2 Å². The third-order valence-corrected chi connectivity index (χ3v) is 3.48. The summed E-state index contributed by atoms with van der Waals surface area (Å²) in [4.78, 5) is 2.19. The van der Waals surface area contributed by atoms with E-state index in [1.54, 1.807) is 0 Å². The maximum absolute atomic E-state index is 5.59. The minimum absolute atomic E-state index is 0.305. The third-order valence-electron chi connectivity index (χ3n) is 2.90. The van der Waals surface area contributed by atoms with Crippen molar-refractivity contribution in [2.24, 2.45) is 0 Å². The zero-order chi connectivity index (χ0) is 13.7. The lowest BCUT2D eigenvalue weighted by Gasteiger charge is -2.22. The Kier molecular flexibility index (Phi) is 5.42. The first-order valence-corrected chi connectivity index (χ1v) is 7.40. The monoisotopic (exact) mass is 370 g/mol. The molecule has 0 fully saturated rings. The van der Waals surface area contributed by atoms with Crippen LogP contribution < -0.4 is 5.32 Å². The van der Waals surface area contributed by atoms with Gasteiger partial charge in [-0.15, -0.1) is 0 Å². The molecule has 1 aromatic heterocycles. The molecule has 102 valence electrons. The number of hydrogen-bond acceptors (Lipinski definition) is 3. The van der Waals surface area contributed by atoms with E-state index in [-0.39, 0.29) is 0 Å². The van der Waals surface area contributed by atoms with Crippen LogP contribution in [0, 0.1) is 3.77 Å². The molecule has 1 unspecified atom stereocenters. The van der Waals surface area contributed by atoms with Crippen LogP contribution in [0.15, 0.2) is 46.9 Å². The van der Waals surface area contributed by atoms with Gasteiger partial charge in [0, 0.05) is 12.6 Å². The molecule has 0 saturated carbocycles. The van der Waals surface area contributed by atoms with Crippen molar-refractivity contribution in [1.82, 2.24) is 10.2 Å². The fourth-order valence-corrected chi connectivity index (χ4v) is 2.47. The van der Waals surface area contributed by atoms with Crippen molar-refractivity contribution < 1.29 is 4.42 Å². The van der Waals surface area contributed by atoms with Crippen LogP contribution in [0.2, 0.25) is 0 Å². The lowest BCUT2D eigenvalue weighted by molar-refractivity contribution is 0.331. The molecule has 0 aliphatic carbocycles. The summed E-state index contributed by atoms with van der Waals surface area (Å²) in [6, 6.07) is 14.8. The van der Waals surface area contributed by atoms with E-state index in [9.17, 15) is 0 Å². The lowest BCUT2D eigenvalue weighted by atomic mass is 10.1. The van der Waals surface area contributed by atoms with Crippen molar-refractivity contribution in [3.8, 4) is 0 Å². The summed E-state index contributed by atoms with van der Waals surface area (Å²) in [7, 11) is 4.18. The van der Waals surface area contributed by atoms with E-state index < -0.39 is 0 Å². The molecule has 0 bridgehead atoms. The Bertz CT molecular complexity index is 496. The van der Waals surface area contributed by atoms with Gasteiger partial charge >= 0.3 is 0 Å². The molecule has 3 nitrogen and oxygen atoms in total. The number of nitrogens with one attached hydrogen (secondary N) is 1. The van der Waals surface area contributed by atoms with Crippen molar-refractivity contribution in [2.75, 3.05) is 20.6 Å². The second-order valence-corrected chi connectivity index (χ2v) is 5.88. The van der Waals surface area contributed by atoms with Crippen molar-refractivity contribution >= 4 is 22.6 Å². The van der Waals surface area contributed by atoms with Crippen LogP contribution in [0.4, 0.5) is 0 Å². The van der Waals surface area contributed by atoms with Gasteiger partial charge in [-0.1, -0.05) is 30.3 Å². The highest BCUT2D eigenvalue weighted by atomic mass is 127. The summed E-state index contributed by atoms with van der Waals surface area (Å²) in [6.07, 6.45) is 0. The molecule has 2 rings (SSSR count). The largest absolute Gasteiger partial charge is 0.454 e. The van der Waals surface area contributed by atoms with Gasteiger partial charge in [0.1, 0.15) is 5.76 Å². The van der Waals surface area contributed by atoms with Gasteiger partial charge in [0.15, 0.2) is 3.77 Å². The molecule has 0 saturated heterocycles. The maximum Gasteiger partial charge on any atom is 0.164 e. The fraction of sp³-hybridized carbons (Fsp3) is 0.333. The summed E-state index contributed by atoms with van der Waals surface area (Å²) in [5.74, 6) is 0.976. The number of benzene rings is 1. The molecule has 4 heteroatoms. The quantitative estimate of drug-likeness (QED) is 0.792. The van der Waals surface area contributed by atoms with Gasteiger partial charge in [0.05, 0.1) is 6.54 Å². The highest BCUT2D eigenvalue weighted by Gasteiger charge is 2.12. The molecule has 0 amide bonds. The molecule has 1 atom stereocenters. The Labute approximate surface area is 128 Å². The SMILES string of the molecule is CN(C)CC(NCc1ccc(I)o1)c1ccccc1. The Morgan fingerprint density at radius 1 is 1.16 bits per heavy atom. The minimum atomic E-state index is 0.305. The molecule has 0 radical (unpaired) electrons. The minimum Gasteiger partial charge on any atom is -0.454 e. The average molecular weight is 370 g/mol. The third kappa shape index (κ3) is 4.63. The van der Waals surface area contributed by atoms with Crippen molar-refractivity contribution in [3.63, 3.8) is 0 Å². The Morgan fingerprint density at radius 2 is 1.89 bits per heavy atom. The summed E-state index contributed by atoms with van der Waals surface area (Å²) < 4.78 is 6.51. The van der Waals surface area contributed by atoms with E-state index in [0.29, 0.717) is 6.04 Å². The van der Waals surface area contributed by atoms with Crippen molar-refractivity contribution in [3.05, 3.63) is 57.6 Å². The fourth-order valence-electron chi connectivity index (χ4n) is 2.01. The summed E-state index contributed by atoms with van der Waals surface area (Å²) in [5, 5.41) is 3.56. The van der Waals surface area contributed by atoms with Gasteiger partial charge in [-0.25, -0.2) is 0 Å². The van der Waals surface area contributed by atoms with Crippen LogP contribution in [-0.2, 0) is 6.54 Å². The first kappa shape index (κ1) is 14.6. The summed E-state index contributed by atoms with van der Waals surface area (Å²) >= 11 is 2.19. The summed E-state index contributed by atoms with van der Waals surface area (Å²) in [5.41, 5.74) is 1.30. The molecule has 0 aliphatic heterocycles. The smallest absolute Gasteiger partial charge is 0.164 e. The highest BCUT2D eigenvalue weighted by Crippen LogP contribution is 2.15. The molecule has 0 spiro atoms. The van der Waals surface area contributed by atoms with Crippen molar-refractivity contribution in [1.29, 1.82) is 0 Å². The van der Waals surface area contributed by atoms with Crippen LogP contribution >= 0.6 is 22.6 Å². The second kappa shape index (κ2) is 7.07. The molecule has 1 heterocycles. The van der Waals surface area contributed by atoms with E-state index in [1.165, 1.54) is 5.56 Å². The van der Waals surface area contributed by atoms with Gasteiger partial charge in [-0.05, 0) is 54.4 Å². The maximum atomic E-state index is 5.59. The topological polar surface area (TPSA) is 28.4 Å². The Morgan fingerprint density at radius 3 is 2.47 bits per heavy atom. The van der Waals surface area contributed by atoms with Crippen LogP contribution in [0.5, 0.6) is 0 Å². The van der Waals surface area contributed by atoms with Crippen LogP contribution in [-0.4, -0.2) is 25.5 Å². The molecule has 0 aliphatic rings. The van der Waals surface area contributed by atoms with Crippen molar-refractivity contribution in [2.45, 2.75) is 12.6 Å². The van der Waals surface area contributed by atoms with E-state index in [2.05, 4.69) is 71.2 Å². The molecule has 1 N–H and O–H groups in total. The lowest BCUT2D eigenvalue weighted by Crippen LogP contribution is -2.30. The average Bonchev–Trinajstić information content (AvgIpc) is 2.81. The highest BCUT2D eigenvalue weighted by molar-refractivity contribution is 14.1. The molecular weight excluding hydrogens is 351 g/mol. The van der Waals surface area contributed by atoms with Crippen LogP contribution in [0.1, 0.15) is 17.4 Å². The van der Waals surface area contributed by atoms with E-state index in [0.717, 1.165) is 22.6 Å². The predicted octanol–water partition coefficient (Wildman–Crippen LogP) is 3.28. The first-order valence-electron chi connectivity index (χ1n) is 6.32. The van der Waals surface area contributed by atoms with Gasteiger partial charge in [0.2, 0.25) is 0 Å². The van der Waals surface area contributed by atoms with Gasteiger partial charge in [0.25, 0.3) is 0 Å². The Hall–Kier alpha value is -0.850. The van der Waals surface area contributed by atoms with E-state index in [4.69, 9.17) is 4.42 Å². The number of halogens is 1. The number of furan rings is 1. The Balaban J connectivity index is 2.02. The first-order chi connectivity index (χ1) is 9.15. The molecule has 2 aromatic rings. The standard InChI is InChI=1S/C15H19IN2O/c1-18(2)11-14(12-6-4-3-5-7-12)17-10-13-8-9-15(16)19-13/h3-9,14,17H,10-11H2,1-2H3. The zero-order valence-electron chi connectivity index (χ0n) is 11.3. The van der Waals surface area contributed by atoms with Crippen LogP contribution in [0.3, 0.4) is 0 Å². The van der Waals surface area contributed by atoms with Gasteiger partial charge in [-0.2, -0.15) is 0 Å². The number of nitrogens with zero attached hydrogens (tertiary/aromatic N) is 1.